The molecular weight excluding hydrogens is 268 g/mol. The summed E-state index contributed by atoms with van der Waals surface area (Å²) in [5, 5.41) is 20.7. The number of carboxylic acid groups (broad SMARTS) is 2. The highest BCUT2D eigenvalue weighted by Crippen LogP contribution is 2.19. The maximum absolute atomic E-state index is 11.3. The zero-order valence-corrected chi connectivity index (χ0v) is 12.1. The molecule has 0 aromatic heterocycles. The molecule has 0 aromatic carbocycles. The molecule has 116 valence electrons. The summed E-state index contributed by atoms with van der Waals surface area (Å²) in [6.45, 7) is 10.3. The number of amides is 1. The van der Waals surface area contributed by atoms with Crippen molar-refractivity contribution in [2.24, 2.45) is 5.41 Å². The number of aliphatic carboxylic acids is 2. The predicted molar refractivity (Wildman–Crippen MR) is 70.5 cm³/mol. The summed E-state index contributed by atoms with van der Waals surface area (Å²) in [6.07, 6.45) is -0.328. The van der Waals surface area contributed by atoms with E-state index in [0.717, 1.165) is 13.1 Å². The number of carboxylic acids is 2. The van der Waals surface area contributed by atoms with E-state index < -0.39 is 17.5 Å². The number of carbonyl (C=O) groups is 3. The molecule has 8 heteroatoms. The molecule has 1 amide bonds. The minimum atomic E-state index is -1.82. The van der Waals surface area contributed by atoms with Crippen LogP contribution < -0.4 is 10.6 Å². The van der Waals surface area contributed by atoms with Crippen LogP contribution in [-0.2, 0) is 14.3 Å². The lowest BCUT2D eigenvalue weighted by Crippen LogP contribution is -2.57. The molecule has 0 bridgehead atoms. The molecule has 0 atom stereocenters. The predicted octanol–water partition coefficient (Wildman–Crippen LogP) is 0.276. The van der Waals surface area contributed by atoms with Crippen LogP contribution in [0.2, 0.25) is 0 Å². The number of alkyl carbamates (subject to hydrolysis) is 1. The topological polar surface area (TPSA) is 125 Å². The van der Waals surface area contributed by atoms with Gasteiger partial charge < -0.3 is 25.6 Å². The van der Waals surface area contributed by atoms with Crippen molar-refractivity contribution in [3.8, 4) is 0 Å². The first-order valence-corrected chi connectivity index (χ1v) is 6.09. The first-order valence-electron chi connectivity index (χ1n) is 6.09. The second kappa shape index (κ2) is 7.09. The molecule has 8 nitrogen and oxygen atoms in total. The summed E-state index contributed by atoms with van der Waals surface area (Å²) in [5.41, 5.74) is -0.209. The minimum Gasteiger partial charge on any atom is -0.473 e. The molecule has 0 aliphatic carbocycles. The monoisotopic (exact) mass is 290 g/mol. The lowest BCUT2D eigenvalue weighted by Gasteiger charge is -2.39. The van der Waals surface area contributed by atoms with Crippen molar-refractivity contribution in [3.63, 3.8) is 0 Å². The van der Waals surface area contributed by atoms with Crippen LogP contribution >= 0.6 is 0 Å². The zero-order valence-electron chi connectivity index (χ0n) is 12.1. The average Bonchev–Trinajstić information content (AvgIpc) is 2.22. The van der Waals surface area contributed by atoms with Crippen molar-refractivity contribution in [1.29, 1.82) is 0 Å². The summed E-state index contributed by atoms with van der Waals surface area (Å²) < 4.78 is 5.13. The Morgan fingerprint density at radius 3 is 1.90 bits per heavy atom. The first-order chi connectivity index (χ1) is 8.95. The minimum absolute atomic E-state index is 0.205. The fourth-order valence-corrected chi connectivity index (χ4v) is 1.28. The van der Waals surface area contributed by atoms with E-state index in [9.17, 15) is 4.79 Å². The first kappa shape index (κ1) is 18.2. The average molecular weight is 290 g/mol. The maximum atomic E-state index is 11.3. The summed E-state index contributed by atoms with van der Waals surface area (Å²) in [7, 11) is 0. The van der Waals surface area contributed by atoms with Gasteiger partial charge in [-0.1, -0.05) is 6.92 Å². The third-order valence-corrected chi connectivity index (χ3v) is 2.34. The van der Waals surface area contributed by atoms with Gasteiger partial charge in [-0.2, -0.15) is 0 Å². The highest BCUT2D eigenvalue weighted by molar-refractivity contribution is 6.27. The number of carbonyl (C=O) groups excluding carboxylic acids is 1. The van der Waals surface area contributed by atoms with Gasteiger partial charge in [-0.25, -0.2) is 14.4 Å². The summed E-state index contributed by atoms with van der Waals surface area (Å²) >= 11 is 0. The molecule has 1 fully saturated rings. The molecule has 0 aromatic rings. The summed E-state index contributed by atoms with van der Waals surface area (Å²) in [5.74, 6) is -3.65. The number of ether oxygens (including phenoxy) is 1. The third kappa shape index (κ3) is 8.30. The molecule has 1 heterocycles. The van der Waals surface area contributed by atoms with Gasteiger partial charge in [0.25, 0.3) is 0 Å². The van der Waals surface area contributed by atoms with Gasteiger partial charge in [0.2, 0.25) is 0 Å². The van der Waals surface area contributed by atoms with Gasteiger partial charge in [0, 0.05) is 25.0 Å². The van der Waals surface area contributed by atoms with E-state index in [1.807, 2.05) is 20.8 Å². The zero-order chi connectivity index (χ0) is 16.0. The Kier molecular flexibility index (Phi) is 6.44. The number of hydrogen-bond acceptors (Lipinski definition) is 5. The van der Waals surface area contributed by atoms with E-state index in [1.165, 1.54) is 0 Å². The Labute approximate surface area is 117 Å². The molecular formula is C12H22N2O6. The molecule has 0 radical (unpaired) electrons. The van der Waals surface area contributed by atoms with Crippen molar-refractivity contribution in [2.45, 2.75) is 33.3 Å². The lowest BCUT2D eigenvalue weighted by molar-refractivity contribution is -0.159. The largest absolute Gasteiger partial charge is 0.473 e. The van der Waals surface area contributed by atoms with E-state index in [4.69, 9.17) is 24.5 Å². The Bertz CT molecular complexity index is 359. The van der Waals surface area contributed by atoms with Gasteiger partial charge in [-0.15, -0.1) is 0 Å². The molecule has 20 heavy (non-hydrogen) atoms. The van der Waals surface area contributed by atoms with E-state index in [2.05, 4.69) is 17.6 Å². The van der Waals surface area contributed by atoms with E-state index in [0.29, 0.717) is 6.54 Å². The van der Waals surface area contributed by atoms with Crippen LogP contribution in [-0.4, -0.2) is 53.5 Å². The van der Waals surface area contributed by atoms with Gasteiger partial charge in [-0.3, -0.25) is 0 Å². The van der Waals surface area contributed by atoms with Crippen LogP contribution in [0.15, 0.2) is 0 Å². The van der Waals surface area contributed by atoms with Gasteiger partial charge in [0.05, 0.1) is 0 Å². The Morgan fingerprint density at radius 1 is 1.20 bits per heavy atom. The van der Waals surface area contributed by atoms with E-state index in [-0.39, 0.29) is 11.5 Å². The highest BCUT2D eigenvalue weighted by atomic mass is 16.6. The van der Waals surface area contributed by atoms with Crippen LogP contribution in [0.3, 0.4) is 0 Å². The van der Waals surface area contributed by atoms with Crippen molar-refractivity contribution in [1.82, 2.24) is 10.6 Å². The normalized spacial score (nSPS) is 16.0. The molecule has 4 N–H and O–H groups in total. The quantitative estimate of drug-likeness (QED) is 0.538. The molecule has 1 aliphatic heterocycles. The van der Waals surface area contributed by atoms with Crippen molar-refractivity contribution < 1.29 is 29.3 Å². The fourth-order valence-electron chi connectivity index (χ4n) is 1.28. The maximum Gasteiger partial charge on any atom is 0.414 e. The molecule has 1 rings (SSSR count). The highest BCUT2D eigenvalue weighted by Gasteiger charge is 2.32. The van der Waals surface area contributed by atoms with Crippen molar-refractivity contribution >= 4 is 18.0 Å². The molecule has 0 spiro atoms. The van der Waals surface area contributed by atoms with Gasteiger partial charge in [0.1, 0.15) is 5.60 Å². The third-order valence-electron chi connectivity index (χ3n) is 2.34. The number of hydrogen-bond donors (Lipinski definition) is 4. The van der Waals surface area contributed by atoms with Gasteiger partial charge in [0.15, 0.2) is 0 Å². The summed E-state index contributed by atoms with van der Waals surface area (Å²) in [6, 6.07) is 0. The van der Waals surface area contributed by atoms with Gasteiger partial charge >= 0.3 is 18.0 Å². The second-order valence-electron chi connectivity index (χ2n) is 5.88. The van der Waals surface area contributed by atoms with Crippen molar-refractivity contribution in [2.75, 3.05) is 19.6 Å². The second-order valence-corrected chi connectivity index (χ2v) is 5.88. The van der Waals surface area contributed by atoms with Crippen LogP contribution in [0.4, 0.5) is 4.79 Å². The Hall–Kier alpha value is -1.83. The van der Waals surface area contributed by atoms with E-state index >= 15 is 0 Å². The molecule has 1 saturated heterocycles. The number of nitrogens with one attached hydrogen (secondary N) is 2. The Balaban J connectivity index is 0.000000511. The SMILES string of the molecule is CC1(CNC(=O)OC(C)(C)C)CNC1.O=C(O)C(=O)O. The standard InChI is InChI=1S/C10H20N2O2.C2H2O4/c1-9(2,3)14-8(13)12-7-10(4)5-11-6-10;3-1(4)2(5)6/h11H,5-7H2,1-4H3,(H,12,13);(H,3,4)(H,5,6). The smallest absolute Gasteiger partial charge is 0.414 e. The van der Waals surface area contributed by atoms with Crippen LogP contribution in [0.1, 0.15) is 27.7 Å². The van der Waals surface area contributed by atoms with Crippen molar-refractivity contribution in [3.05, 3.63) is 0 Å². The number of rotatable bonds is 2. The molecule has 0 saturated carbocycles. The molecule has 0 unspecified atom stereocenters. The van der Waals surface area contributed by atoms with Gasteiger partial charge in [-0.05, 0) is 20.8 Å². The van der Waals surface area contributed by atoms with E-state index in [1.54, 1.807) is 0 Å². The lowest BCUT2D eigenvalue weighted by atomic mass is 9.84. The van der Waals surface area contributed by atoms with Crippen LogP contribution in [0.25, 0.3) is 0 Å². The Morgan fingerprint density at radius 2 is 1.65 bits per heavy atom. The van der Waals surface area contributed by atoms with Crippen LogP contribution in [0.5, 0.6) is 0 Å². The molecule has 1 aliphatic rings. The summed E-state index contributed by atoms with van der Waals surface area (Å²) in [4.78, 5) is 29.5. The van der Waals surface area contributed by atoms with Crippen LogP contribution in [0, 0.1) is 5.41 Å². The fraction of sp³-hybridized carbons (Fsp3) is 0.750.